The quantitative estimate of drug-likeness (QED) is 0.830. The van der Waals surface area contributed by atoms with Crippen molar-refractivity contribution >= 4 is 5.69 Å². The minimum Gasteiger partial charge on any atom is -0.398 e. The topological polar surface area (TPSA) is 35.2 Å². The summed E-state index contributed by atoms with van der Waals surface area (Å²) in [4.78, 5) is 0. The van der Waals surface area contributed by atoms with E-state index in [1.807, 2.05) is 0 Å². The molecule has 0 saturated heterocycles. The third-order valence-electron chi connectivity index (χ3n) is 4.13. The second-order valence-electron chi connectivity index (χ2n) is 5.54. The van der Waals surface area contributed by atoms with Gasteiger partial charge in [-0.2, -0.15) is 0 Å². The van der Waals surface area contributed by atoms with E-state index in [2.05, 4.69) is 13.8 Å². The van der Waals surface area contributed by atoms with Crippen molar-refractivity contribution in [3.8, 4) is 0 Å². The standard InChI is InChI=1S/C15H22FNO/c1-10-3-6-14(7-11(10)2)18-9-12-4-5-13(16)8-15(12)17/h4-5,8,10-11,14H,3,6-7,9,17H2,1-2H3. The normalized spacial score (nSPS) is 28.3. The predicted octanol–water partition coefficient (Wildman–Crippen LogP) is 3.75. The van der Waals surface area contributed by atoms with Crippen molar-refractivity contribution in [2.45, 2.75) is 45.8 Å². The highest BCUT2D eigenvalue weighted by atomic mass is 19.1. The van der Waals surface area contributed by atoms with Gasteiger partial charge in [-0.25, -0.2) is 4.39 Å². The van der Waals surface area contributed by atoms with Gasteiger partial charge in [0.1, 0.15) is 5.82 Å². The zero-order chi connectivity index (χ0) is 13.1. The van der Waals surface area contributed by atoms with Gasteiger partial charge < -0.3 is 10.5 Å². The van der Waals surface area contributed by atoms with Crippen LogP contribution in [-0.4, -0.2) is 6.10 Å². The van der Waals surface area contributed by atoms with E-state index >= 15 is 0 Å². The van der Waals surface area contributed by atoms with E-state index in [9.17, 15) is 4.39 Å². The van der Waals surface area contributed by atoms with Crippen LogP contribution in [0.25, 0.3) is 0 Å². The monoisotopic (exact) mass is 251 g/mol. The summed E-state index contributed by atoms with van der Waals surface area (Å²) in [6, 6.07) is 4.49. The van der Waals surface area contributed by atoms with Gasteiger partial charge in [0, 0.05) is 11.3 Å². The number of anilines is 1. The summed E-state index contributed by atoms with van der Waals surface area (Å²) in [5, 5.41) is 0. The molecule has 100 valence electrons. The van der Waals surface area contributed by atoms with E-state index in [1.165, 1.54) is 18.6 Å². The van der Waals surface area contributed by atoms with Crippen LogP contribution in [0.4, 0.5) is 10.1 Å². The Morgan fingerprint density at radius 1 is 1.28 bits per heavy atom. The molecule has 2 N–H and O–H groups in total. The maximum absolute atomic E-state index is 12.9. The lowest BCUT2D eigenvalue weighted by atomic mass is 9.80. The van der Waals surface area contributed by atoms with Gasteiger partial charge in [-0.05, 0) is 43.2 Å². The highest BCUT2D eigenvalue weighted by Crippen LogP contribution is 2.31. The lowest BCUT2D eigenvalue weighted by Crippen LogP contribution is -2.26. The van der Waals surface area contributed by atoms with Crippen LogP contribution in [0, 0.1) is 17.7 Å². The molecule has 0 aliphatic heterocycles. The molecule has 3 heteroatoms. The first kappa shape index (κ1) is 13.3. The second-order valence-corrected chi connectivity index (χ2v) is 5.54. The van der Waals surface area contributed by atoms with Crippen LogP contribution in [0.3, 0.4) is 0 Å². The Morgan fingerprint density at radius 2 is 2.06 bits per heavy atom. The lowest BCUT2D eigenvalue weighted by molar-refractivity contribution is -0.00723. The van der Waals surface area contributed by atoms with Crippen molar-refractivity contribution in [2.24, 2.45) is 11.8 Å². The number of halogens is 1. The fourth-order valence-electron chi connectivity index (χ4n) is 2.55. The number of nitrogens with two attached hydrogens (primary N) is 1. The fraction of sp³-hybridized carbons (Fsp3) is 0.600. The number of hydrogen-bond donors (Lipinski definition) is 1. The predicted molar refractivity (Wildman–Crippen MR) is 71.6 cm³/mol. The zero-order valence-electron chi connectivity index (χ0n) is 11.2. The Balaban J connectivity index is 1.88. The first-order valence-electron chi connectivity index (χ1n) is 6.71. The first-order chi connectivity index (χ1) is 8.56. The highest BCUT2D eigenvalue weighted by Gasteiger charge is 2.24. The molecule has 0 amide bonds. The van der Waals surface area contributed by atoms with E-state index in [1.54, 1.807) is 6.07 Å². The van der Waals surface area contributed by atoms with Crippen molar-refractivity contribution in [3.05, 3.63) is 29.6 Å². The third-order valence-corrected chi connectivity index (χ3v) is 4.13. The number of nitrogen functional groups attached to an aromatic ring is 1. The molecule has 2 nitrogen and oxygen atoms in total. The Morgan fingerprint density at radius 3 is 2.72 bits per heavy atom. The summed E-state index contributed by atoms with van der Waals surface area (Å²) in [6.07, 6.45) is 3.78. The van der Waals surface area contributed by atoms with Gasteiger partial charge in [-0.1, -0.05) is 19.9 Å². The smallest absolute Gasteiger partial charge is 0.125 e. The van der Waals surface area contributed by atoms with Crippen LogP contribution in [0.5, 0.6) is 0 Å². The molecule has 1 fully saturated rings. The van der Waals surface area contributed by atoms with Crippen LogP contribution in [-0.2, 0) is 11.3 Å². The van der Waals surface area contributed by atoms with Gasteiger partial charge in [0.15, 0.2) is 0 Å². The van der Waals surface area contributed by atoms with Gasteiger partial charge in [-0.15, -0.1) is 0 Å². The first-order valence-corrected chi connectivity index (χ1v) is 6.71. The molecule has 3 unspecified atom stereocenters. The molecule has 18 heavy (non-hydrogen) atoms. The van der Waals surface area contributed by atoms with E-state index in [-0.39, 0.29) is 5.82 Å². The molecule has 0 spiro atoms. The van der Waals surface area contributed by atoms with E-state index < -0.39 is 0 Å². The average Bonchev–Trinajstić information content (AvgIpc) is 2.32. The van der Waals surface area contributed by atoms with Crippen LogP contribution in [0.15, 0.2) is 18.2 Å². The van der Waals surface area contributed by atoms with Crippen LogP contribution in [0.2, 0.25) is 0 Å². The summed E-state index contributed by atoms with van der Waals surface area (Å²) in [5.41, 5.74) is 7.12. The van der Waals surface area contributed by atoms with E-state index in [4.69, 9.17) is 10.5 Å². The maximum Gasteiger partial charge on any atom is 0.125 e. The molecular formula is C15H22FNO. The van der Waals surface area contributed by atoms with Crippen LogP contribution < -0.4 is 5.73 Å². The van der Waals surface area contributed by atoms with E-state index in [0.717, 1.165) is 24.3 Å². The van der Waals surface area contributed by atoms with Crippen molar-refractivity contribution in [1.29, 1.82) is 0 Å². The molecule has 0 aromatic heterocycles. The van der Waals surface area contributed by atoms with Gasteiger partial charge in [0.05, 0.1) is 12.7 Å². The molecule has 1 aliphatic rings. The molecule has 1 aromatic rings. The largest absolute Gasteiger partial charge is 0.398 e. The Labute approximate surface area is 108 Å². The minimum atomic E-state index is -0.295. The summed E-state index contributed by atoms with van der Waals surface area (Å²) in [6.45, 7) is 5.07. The molecule has 3 atom stereocenters. The SMILES string of the molecule is CC1CCC(OCc2ccc(F)cc2N)CC1C. The van der Waals surface area contributed by atoms with Gasteiger partial charge in [0.2, 0.25) is 0 Å². The maximum atomic E-state index is 12.9. The molecule has 1 aromatic carbocycles. The van der Waals surface area contributed by atoms with Crippen molar-refractivity contribution in [2.75, 3.05) is 5.73 Å². The third kappa shape index (κ3) is 3.22. The second kappa shape index (κ2) is 5.70. The molecule has 0 bridgehead atoms. The van der Waals surface area contributed by atoms with Gasteiger partial charge in [-0.3, -0.25) is 0 Å². The fourth-order valence-corrected chi connectivity index (χ4v) is 2.55. The van der Waals surface area contributed by atoms with Crippen molar-refractivity contribution in [3.63, 3.8) is 0 Å². The zero-order valence-corrected chi connectivity index (χ0v) is 11.2. The molecule has 1 aliphatic carbocycles. The molecule has 1 saturated carbocycles. The van der Waals surface area contributed by atoms with Crippen molar-refractivity contribution < 1.29 is 9.13 Å². The highest BCUT2D eigenvalue weighted by molar-refractivity contribution is 5.46. The number of hydrogen-bond acceptors (Lipinski definition) is 2. The summed E-state index contributed by atoms with van der Waals surface area (Å²) < 4.78 is 18.8. The van der Waals surface area contributed by atoms with Gasteiger partial charge >= 0.3 is 0 Å². The molecular weight excluding hydrogens is 229 g/mol. The summed E-state index contributed by atoms with van der Waals surface area (Å²) in [7, 11) is 0. The lowest BCUT2D eigenvalue weighted by Gasteiger charge is -2.32. The molecule has 2 rings (SSSR count). The van der Waals surface area contributed by atoms with Gasteiger partial charge in [0.25, 0.3) is 0 Å². The van der Waals surface area contributed by atoms with Crippen LogP contribution in [0.1, 0.15) is 38.7 Å². The minimum absolute atomic E-state index is 0.295. The number of benzene rings is 1. The molecule has 0 heterocycles. The Hall–Kier alpha value is -1.09. The van der Waals surface area contributed by atoms with Crippen LogP contribution >= 0.6 is 0 Å². The van der Waals surface area contributed by atoms with Crippen molar-refractivity contribution in [1.82, 2.24) is 0 Å². The number of rotatable bonds is 3. The molecule has 0 radical (unpaired) electrons. The Bertz CT molecular complexity index is 407. The average molecular weight is 251 g/mol. The summed E-state index contributed by atoms with van der Waals surface area (Å²) in [5.74, 6) is 1.21. The van der Waals surface area contributed by atoms with E-state index in [0.29, 0.717) is 24.3 Å². The number of ether oxygens (including phenoxy) is 1. The summed E-state index contributed by atoms with van der Waals surface area (Å²) >= 11 is 0. The Kier molecular flexibility index (Phi) is 4.23.